The van der Waals surface area contributed by atoms with Gasteiger partial charge in [0.25, 0.3) is 0 Å². The smallest absolute Gasteiger partial charge is 0.411 e. The van der Waals surface area contributed by atoms with Crippen molar-refractivity contribution in [1.82, 2.24) is 15.5 Å². The van der Waals surface area contributed by atoms with Crippen molar-refractivity contribution in [2.75, 3.05) is 19.7 Å². The van der Waals surface area contributed by atoms with Crippen molar-refractivity contribution in [3.8, 4) is 0 Å². The molecule has 0 spiro atoms. The number of cyclic esters (lactones) is 1. The Balaban J connectivity index is 1.57. The summed E-state index contributed by atoms with van der Waals surface area (Å²) in [7, 11) is 0. The van der Waals surface area contributed by atoms with E-state index in [0.29, 0.717) is 37.3 Å². The van der Waals surface area contributed by atoms with Gasteiger partial charge in [0.2, 0.25) is 11.8 Å². The first kappa shape index (κ1) is 26.0. The molecular formula is C24H32ClN3O6. The Morgan fingerprint density at radius 2 is 2.18 bits per heavy atom. The molecule has 3 rings (SSSR count). The van der Waals surface area contributed by atoms with E-state index in [2.05, 4.69) is 10.6 Å². The number of nitrogens with zero attached hydrogens (tertiary/aromatic N) is 1. The number of ether oxygens (including phenoxy) is 2. The van der Waals surface area contributed by atoms with Gasteiger partial charge in [0.05, 0.1) is 25.8 Å². The molecule has 2 fully saturated rings. The fourth-order valence-corrected chi connectivity index (χ4v) is 4.46. The van der Waals surface area contributed by atoms with Crippen molar-refractivity contribution in [3.05, 3.63) is 34.9 Å². The summed E-state index contributed by atoms with van der Waals surface area (Å²) < 4.78 is 11.1. The summed E-state index contributed by atoms with van der Waals surface area (Å²) in [6.45, 7) is 5.18. The van der Waals surface area contributed by atoms with Gasteiger partial charge < -0.3 is 24.9 Å². The molecule has 2 aliphatic heterocycles. The summed E-state index contributed by atoms with van der Waals surface area (Å²) in [5.41, 5.74) is 0.904. The predicted molar refractivity (Wildman–Crippen MR) is 125 cm³/mol. The number of carbonyl (C=O) groups excluding carboxylic acids is 4. The summed E-state index contributed by atoms with van der Waals surface area (Å²) in [5.74, 6) is -0.723. The molecule has 0 bridgehead atoms. The molecule has 1 aromatic carbocycles. The van der Waals surface area contributed by atoms with E-state index in [0.717, 1.165) is 5.56 Å². The molecule has 3 amide bonds. The van der Waals surface area contributed by atoms with Crippen molar-refractivity contribution >= 4 is 35.8 Å². The Morgan fingerprint density at radius 1 is 1.38 bits per heavy atom. The number of halogens is 1. The standard InChI is InChI=1S/C24H32ClN3O6/c1-15(2)8-21(23(31)27-19(12-29)10-17-6-7-26-22(17)30)28-11-20(34-24(28)32)14-33-13-16-4-3-5-18(25)9-16/h3-5,9,12,15,17,19-21H,6-8,10-11,13-14H2,1-2H3,(H,26,30)(H,27,31)/t17-,19-,20?,21-/m0/s1. The number of amides is 3. The van der Waals surface area contributed by atoms with Crippen molar-refractivity contribution in [2.45, 2.75) is 57.9 Å². The predicted octanol–water partition coefficient (Wildman–Crippen LogP) is 2.30. The zero-order valence-electron chi connectivity index (χ0n) is 19.5. The Bertz CT molecular complexity index is 895. The summed E-state index contributed by atoms with van der Waals surface area (Å²) in [5, 5.41) is 6.07. The highest BCUT2D eigenvalue weighted by atomic mass is 35.5. The molecule has 1 unspecified atom stereocenters. The van der Waals surface area contributed by atoms with Gasteiger partial charge in [-0.15, -0.1) is 0 Å². The van der Waals surface area contributed by atoms with E-state index in [4.69, 9.17) is 21.1 Å². The molecule has 2 saturated heterocycles. The summed E-state index contributed by atoms with van der Waals surface area (Å²) in [4.78, 5) is 50.5. The molecule has 0 radical (unpaired) electrons. The van der Waals surface area contributed by atoms with Gasteiger partial charge in [-0.1, -0.05) is 37.6 Å². The van der Waals surface area contributed by atoms with E-state index in [-0.39, 0.29) is 37.3 Å². The van der Waals surface area contributed by atoms with Crippen LogP contribution in [0.3, 0.4) is 0 Å². The van der Waals surface area contributed by atoms with Gasteiger partial charge >= 0.3 is 6.09 Å². The van der Waals surface area contributed by atoms with Crippen molar-refractivity contribution < 1.29 is 28.7 Å². The number of rotatable bonds is 12. The third-order valence-corrected chi connectivity index (χ3v) is 6.17. The molecule has 4 atom stereocenters. The lowest BCUT2D eigenvalue weighted by atomic mass is 9.97. The van der Waals surface area contributed by atoms with Gasteiger partial charge in [-0.05, 0) is 42.9 Å². The van der Waals surface area contributed by atoms with Crippen LogP contribution in [0.25, 0.3) is 0 Å². The molecular weight excluding hydrogens is 462 g/mol. The second-order valence-corrected chi connectivity index (χ2v) is 9.65. The molecule has 1 aromatic rings. The minimum atomic E-state index is -0.800. The molecule has 10 heteroatoms. The van der Waals surface area contributed by atoms with Crippen LogP contribution >= 0.6 is 11.6 Å². The van der Waals surface area contributed by atoms with E-state index < -0.39 is 30.2 Å². The maximum Gasteiger partial charge on any atom is 0.411 e. The monoisotopic (exact) mass is 493 g/mol. The van der Waals surface area contributed by atoms with Crippen LogP contribution in [-0.4, -0.2) is 67.0 Å². The lowest BCUT2D eigenvalue weighted by molar-refractivity contribution is -0.129. The van der Waals surface area contributed by atoms with E-state index >= 15 is 0 Å². The lowest BCUT2D eigenvalue weighted by Gasteiger charge is -2.28. The zero-order valence-corrected chi connectivity index (χ0v) is 20.3. The summed E-state index contributed by atoms with van der Waals surface area (Å²) >= 11 is 5.98. The van der Waals surface area contributed by atoms with Crippen LogP contribution in [0.2, 0.25) is 5.02 Å². The molecule has 9 nitrogen and oxygen atoms in total. The SMILES string of the molecule is CC(C)C[C@@H](C(=O)N[C@H](C=O)C[C@@H]1CCNC1=O)N1CC(COCc2cccc(Cl)c2)OC1=O. The fourth-order valence-electron chi connectivity index (χ4n) is 4.24. The van der Waals surface area contributed by atoms with Gasteiger partial charge in [0.1, 0.15) is 18.4 Å². The van der Waals surface area contributed by atoms with Crippen LogP contribution in [-0.2, 0) is 30.5 Å². The molecule has 0 saturated carbocycles. The second kappa shape index (κ2) is 12.2. The maximum absolute atomic E-state index is 13.1. The van der Waals surface area contributed by atoms with Crippen LogP contribution in [0.5, 0.6) is 0 Å². The van der Waals surface area contributed by atoms with Gasteiger partial charge in [0, 0.05) is 17.5 Å². The summed E-state index contributed by atoms with van der Waals surface area (Å²) in [6, 6.07) is 5.71. The van der Waals surface area contributed by atoms with Crippen LogP contribution in [0.4, 0.5) is 4.79 Å². The first-order valence-electron chi connectivity index (χ1n) is 11.6. The number of aldehydes is 1. The van der Waals surface area contributed by atoms with E-state index in [9.17, 15) is 19.2 Å². The van der Waals surface area contributed by atoms with Gasteiger partial charge in [-0.2, -0.15) is 0 Å². The molecule has 34 heavy (non-hydrogen) atoms. The average Bonchev–Trinajstić information content (AvgIpc) is 3.36. The maximum atomic E-state index is 13.1. The van der Waals surface area contributed by atoms with Crippen LogP contribution < -0.4 is 10.6 Å². The quantitative estimate of drug-likeness (QED) is 0.432. The topological polar surface area (TPSA) is 114 Å². The first-order chi connectivity index (χ1) is 16.3. The van der Waals surface area contributed by atoms with E-state index in [1.807, 2.05) is 26.0 Å². The van der Waals surface area contributed by atoms with E-state index in [1.54, 1.807) is 12.1 Å². The van der Waals surface area contributed by atoms with Crippen LogP contribution in [0, 0.1) is 11.8 Å². The normalized spacial score (nSPS) is 21.8. The molecule has 0 aromatic heterocycles. The molecule has 186 valence electrons. The first-order valence-corrected chi connectivity index (χ1v) is 12.0. The highest BCUT2D eigenvalue weighted by molar-refractivity contribution is 6.30. The highest BCUT2D eigenvalue weighted by Crippen LogP contribution is 2.22. The molecule has 2 N–H and O–H groups in total. The van der Waals surface area contributed by atoms with Crippen LogP contribution in [0.1, 0.15) is 38.7 Å². The minimum absolute atomic E-state index is 0.108. The molecule has 2 heterocycles. The van der Waals surface area contributed by atoms with Crippen molar-refractivity contribution in [1.29, 1.82) is 0 Å². The number of nitrogens with one attached hydrogen (secondary N) is 2. The number of carbonyl (C=O) groups is 4. The van der Waals surface area contributed by atoms with Gasteiger partial charge in [0.15, 0.2) is 0 Å². The van der Waals surface area contributed by atoms with Gasteiger partial charge in [-0.3, -0.25) is 14.5 Å². The Labute approximate surface area is 204 Å². The Hall–Kier alpha value is -2.65. The van der Waals surface area contributed by atoms with Gasteiger partial charge in [-0.25, -0.2) is 4.79 Å². The lowest BCUT2D eigenvalue weighted by Crippen LogP contribution is -2.51. The van der Waals surface area contributed by atoms with Crippen molar-refractivity contribution in [2.24, 2.45) is 11.8 Å². The Kier molecular flexibility index (Phi) is 9.29. The summed E-state index contributed by atoms with van der Waals surface area (Å²) in [6.07, 6.45) is 0.814. The highest BCUT2D eigenvalue weighted by Gasteiger charge is 2.40. The second-order valence-electron chi connectivity index (χ2n) is 9.21. The van der Waals surface area contributed by atoms with Crippen LogP contribution in [0.15, 0.2) is 24.3 Å². The number of hydrogen-bond donors (Lipinski definition) is 2. The third kappa shape index (κ3) is 7.17. The molecule has 0 aliphatic carbocycles. The number of hydrogen-bond acceptors (Lipinski definition) is 6. The van der Waals surface area contributed by atoms with E-state index in [1.165, 1.54) is 4.90 Å². The third-order valence-electron chi connectivity index (χ3n) is 5.93. The Morgan fingerprint density at radius 3 is 2.82 bits per heavy atom. The fraction of sp³-hybridized carbons (Fsp3) is 0.583. The number of benzene rings is 1. The molecule has 2 aliphatic rings. The zero-order chi connectivity index (χ0) is 24.7. The van der Waals surface area contributed by atoms with Crippen molar-refractivity contribution in [3.63, 3.8) is 0 Å². The minimum Gasteiger partial charge on any atom is -0.442 e. The average molecular weight is 494 g/mol. The largest absolute Gasteiger partial charge is 0.442 e.